The van der Waals surface area contributed by atoms with Crippen LogP contribution in [0.4, 0.5) is 13.2 Å². The number of ether oxygens (including phenoxy) is 1. The summed E-state index contributed by atoms with van der Waals surface area (Å²) in [6.45, 7) is 1.69. The first-order valence-corrected chi connectivity index (χ1v) is 9.05. The van der Waals surface area contributed by atoms with Crippen molar-refractivity contribution in [2.24, 2.45) is 11.8 Å². The van der Waals surface area contributed by atoms with Gasteiger partial charge in [0, 0.05) is 0 Å². The van der Waals surface area contributed by atoms with Gasteiger partial charge in [-0.25, -0.2) is 13.2 Å². The van der Waals surface area contributed by atoms with Gasteiger partial charge in [-0.3, -0.25) is 0 Å². The van der Waals surface area contributed by atoms with Gasteiger partial charge < -0.3 is 4.74 Å². The summed E-state index contributed by atoms with van der Waals surface area (Å²) >= 11 is 0. The van der Waals surface area contributed by atoms with E-state index in [9.17, 15) is 8.78 Å². The highest BCUT2D eigenvalue weighted by atomic mass is 19.1. The topological polar surface area (TPSA) is 9.23 Å². The minimum Gasteiger partial charge on any atom is -0.494 e. The molecule has 2 aliphatic carbocycles. The second-order valence-corrected chi connectivity index (χ2v) is 7.90. The average molecular weight is 340 g/mol. The van der Waals surface area contributed by atoms with Crippen molar-refractivity contribution in [3.63, 3.8) is 0 Å². The number of halogens is 3. The lowest BCUT2D eigenvalue weighted by Crippen LogP contribution is -2.34. The molecule has 0 saturated heterocycles. The molecule has 0 spiro atoms. The third-order valence-corrected chi connectivity index (χ3v) is 6.23. The summed E-state index contributed by atoms with van der Waals surface area (Å²) in [6.07, 6.45) is 5.52. The van der Waals surface area contributed by atoms with E-state index in [4.69, 9.17) is 4.74 Å². The first-order chi connectivity index (χ1) is 11.3. The Hall–Kier alpha value is -1.19. The fourth-order valence-electron chi connectivity index (χ4n) is 4.52. The van der Waals surface area contributed by atoms with Crippen molar-refractivity contribution in [2.45, 2.75) is 69.6 Å². The highest BCUT2D eigenvalue weighted by molar-refractivity contribution is 5.33. The van der Waals surface area contributed by atoms with E-state index in [1.807, 2.05) is 0 Å². The van der Waals surface area contributed by atoms with Crippen molar-refractivity contribution in [3.8, 4) is 5.75 Å². The van der Waals surface area contributed by atoms with E-state index >= 15 is 4.39 Å². The van der Waals surface area contributed by atoms with E-state index < -0.39 is 17.2 Å². The molecule has 3 rings (SSSR count). The van der Waals surface area contributed by atoms with Crippen LogP contribution in [-0.4, -0.2) is 12.8 Å². The second kappa shape index (κ2) is 6.61. The molecule has 0 radical (unpaired) electrons. The number of methoxy groups -OCH3 is 1. The standard InChI is InChI=1S/C20H27F3O/c1-19(22)9-5-14(6-10-19)15-7-11-20(23,12-8-15)16-3-4-18(24-2)17(21)13-16/h3-4,13-15H,5-12H2,1-2H3. The first kappa shape index (κ1) is 17.6. The lowest BCUT2D eigenvalue weighted by Gasteiger charge is -2.41. The maximum Gasteiger partial charge on any atom is 0.165 e. The molecule has 0 bridgehead atoms. The highest BCUT2D eigenvalue weighted by Gasteiger charge is 2.41. The SMILES string of the molecule is COc1ccc(C2(F)CCC(C3CCC(C)(F)CC3)CC2)cc1F. The zero-order chi connectivity index (χ0) is 17.4. The Morgan fingerprint density at radius 1 is 0.958 bits per heavy atom. The van der Waals surface area contributed by atoms with Crippen molar-refractivity contribution in [1.29, 1.82) is 0 Å². The Bertz CT molecular complexity index is 566. The van der Waals surface area contributed by atoms with Gasteiger partial charge in [0.25, 0.3) is 0 Å². The van der Waals surface area contributed by atoms with Crippen LogP contribution in [0, 0.1) is 17.7 Å². The maximum absolute atomic E-state index is 15.3. The van der Waals surface area contributed by atoms with Gasteiger partial charge >= 0.3 is 0 Å². The molecule has 0 N–H and O–H groups in total. The van der Waals surface area contributed by atoms with Gasteiger partial charge in [-0.15, -0.1) is 0 Å². The number of hydrogen-bond donors (Lipinski definition) is 0. The summed E-state index contributed by atoms with van der Waals surface area (Å²) in [6, 6.07) is 4.41. The lowest BCUT2D eigenvalue weighted by atomic mass is 9.67. The molecule has 2 aliphatic rings. The highest BCUT2D eigenvalue weighted by Crippen LogP contribution is 2.48. The minimum atomic E-state index is -1.45. The Morgan fingerprint density at radius 2 is 1.50 bits per heavy atom. The molecular weight excluding hydrogens is 313 g/mol. The van der Waals surface area contributed by atoms with Crippen LogP contribution >= 0.6 is 0 Å². The van der Waals surface area contributed by atoms with Gasteiger partial charge in [-0.1, -0.05) is 6.07 Å². The van der Waals surface area contributed by atoms with Crippen LogP contribution in [0.25, 0.3) is 0 Å². The van der Waals surface area contributed by atoms with E-state index in [0.717, 1.165) is 25.7 Å². The Morgan fingerprint density at radius 3 is 2.00 bits per heavy atom. The molecule has 4 heteroatoms. The van der Waals surface area contributed by atoms with Gasteiger partial charge in [-0.05, 0) is 87.8 Å². The second-order valence-electron chi connectivity index (χ2n) is 7.90. The van der Waals surface area contributed by atoms with Gasteiger partial charge in [0.2, 0.25) is 0 Å². The molecule has 0 atom stereocenters. The van der Waals surface area contributed by atoms with Crippen LogP contribution in [0.1, 0.15) is 63.9 Å². The Labute approximate surface area is 142 Å². The average Bonchev–Trinajstić information content (AvgIpc) is 2.56. The maximum atomic E-state index is 15.3. The molecule has 1 nitrogen and oxygen atoms in total. The van der Waals surface area contributed by atoms with E-state index in [1.54, 1.807) is 13.0 Å². The Balaban J connectivity index is 1.62. The van der Waals surface area contributed by atoms with Gasteiger partial charge in [-0.2, -0.15) is 0 Å². The van der Waals surface area contributed by atoms with Crippen molar-refractivity contribution in [3.05, 3.63) is 29.6 Å². The van der Waals surface area contributed by atoms with Crippen LogP contribution in [0.5, 0.6) is 5.75 Å². The molecule has 0 aromatic heterocycles. The summed E-state index contributed by atoms with van der Waals surface area (Å²) in [7, 11) is 1.40. The number of hydrogen-bond acceptors (Lipinski definition) is 1. The molecular formula is C20H27F3O. The van der Waals surface area contributed by atoms with Crippen LogP contribution in [0.2, 0.25) is 0 Å². The van der Waals surface area contributed by atoms with E-state index in [1.165, 1.54) is 19.2 Å². The van der Waals surface area contributed by atoms with Crippen molar-refractivity contribution >= 4 is 0 Å². The molecule has 134 valence electrons. The van der Waals surface area contributed by atoms with Crippen LogP contribution < -0.4 is 4.74 Å². The minimum absolute atomic E-state index is 0.146. The fraction of sp³-hybridized carbons (Fsp3) is 0.700. The van der Waals surface area contributed by atoms with Gasteiger partial charge in [0.1, 0.15) is 11.3 Å². The largest absolute Gasteiger partial charge is 0.494 e. The molecule has 1 aromatic carbocycles. The third-order valence-electron chi connectivity index (χ3n) is 6.23. The molecule has 2 saturated carbocycles. The van der Waals surface area contributed by atoms with Crippen LogP contribution in [0.3, 0.4) is 0 Å². The van der Waals surface area contributed by atoms with E-state index in [-0.39, 0.29) is 5.75 Å². The normalized spacial score (nSPS) is 37.2. The molecule has 0 unspecified atom stereocenters. The predicted molar refractivity (Wildman–Crippen MR) is 89.2 cm³/mol. The summed E-state index contributed by atoms with van der Waals surface area (Å²) < 4.78 is 48.1. The van der Waals surface area contributed by atoms with Gasteiger partial charge in [0.05, 0.1) is 7.11 Å². The van der Waals surface area contributed by atoms with Crippen LogP contribution in [0.15, 0.2) is 18.2 Å². The Kier molecular flexibility index (Phi) is 4.85. The number of rotatable bonds is 3. The summed E-state index contributed by atoms with van der Waals surface area (Å²) in [5, 5.41) is 0. The lowest BCUT2D eigenvalue weighted by molar-refractivity contribution is 0.0327. The van der Waals surface area contributed by atoms with E-state index in [0.29, 0.717) is 43.1 Å². The predicted octanol–water partition coefficient (Wildman–Crippen LogP) is 6.11. The smallest absolute Gasteiger partial charge is 0.165 e. The van der Waals surface area contributed by atoms with E-state index in [2.05, 4.69) is 0 Å². The van der Waals surface area contributed by atoms with Gasteiger partial charge in [0.15, 0.2) is 11.6 Å². The molecule has 1 aromatic rings. The van der Waals surface area contributed by atoms with Crippen molar-refractivity contribution in [2.75, 3.05) is 7.11 Å². The van der Waals surface area contributed by atoms with Crippen molar-refractivity contribution < 1.29 is 17.9 Å². The molecule has 0 aliphatic heterocycles. The number of benzene rings is 1. The zero-order valence-corrected chi connectivity index (χ0v) is 14.6. The fourth-order valence-corrected chi connectivity index (χ4v) is 4.52. The molecule has 0 amide bonds. The first-order valence-electron chi connectivity index (χ1n) is 9.05. The zero-order valence-electron chi connectivity index (χ0n) is 14.6. The molecule has 0 heterocycles. The number of alkyl halides is 2. The van der Waals surface area contributed by atoms with Crippen LogP contribution in [-0.2, 0) is 5.67 Å². The summed E-state index contributed by atoms with van der Waals surface area (Å²) in [5.74, 6) is 0.634. The summed E-state index contributed by atoms with van der Waals surface area (Å²) in [4.78, 5) is 0. The quantitative estimate of drug-likeness (QED) is 0.645. The molecule has 2 fully saturated rings. The third kappa shape index (κ3) is 3.57. The monoisotopic (exact) mass is 340 g/mol. The summed E-state index contributed by atoms with van der Waals surface area (Å²) in [5.41, 5.74) is -2.05. The van der Waals surface area contributed by atoms with Crippen molar-refractivity contribution in [1.82, 2.24) is 0 Å². The molecule has 24 heavy (non-hydrogen) atoms.